The Morgan fingerprint density at radius 3 is 0.844 bits per heavy atom. The molecule has 0 atom stereocenters. The van der Waals surface area contributed by atoms with Gasteiger partial charge in [0.1, 0.15) is 0 Å². The third-order valence-electron chi connectivity index (χ3n) is 12.0. The summed E-state index contributed by atoms with van der Waals surface area (Å²) < 4.78 is 46.5. The summed E-state index contributed by atoms with van der Waals surface area (Å²) in [4.78, 5) is 0. The molecule has 0 aliphatic carbocycles. The highest BCUT2D eigenvalue weighted by molar-refractivity contribution is 6.28. The molecule has 7 heteroatoms. The molecule has 0 radical (unpaired) electrons. The van der Waals surface area contributed by atoms with Crippen LogP contribution in [0.25, 0.3) is 32.3 Å². The lowest BCUT2D eigenvalue weighted by molar-refractivity contribution is 0.238. The molecule has 4 rings (SSSR count). The zero-order chi connectivity index (χ0) is 45.6. The van der Waals surface area contributed by atoms with Crippen molar-refractivity contribution in [3.8, 4) is 40.2 Å². The molecule has 360 valence electrons. The standard InChI is InChI=1S/C57H90O7/c1-8-15-17-19-21-23-25-27-29-31-38-63-56-54(62-37-14-7)44-49-47-42-51(59-34-11-4)50(58-33-10-3)40-45(47)46-41-52(60-35-12-5)53(61-36-13-6)43-48(46)55(49)57(56)64-39-32-30-28-26-24-22-20-18-16-9-2/h40-44H,8-39H2,1-7H3. The second-order valence-electron chi connectivity index (χ2n) is 17.9. The summed E-state index contributed by atoms with van der Waals surface area (Å²) in [5.41, 5.74) is 0. The largest absolute Gasteiger partial charge is 0.490 e. The second-order valence-corrected chi connectivity index (χ2v) is 17.9. The number of hydrogen-bond donors (Lipinski definition) is 0. The van der Waals surface area contributed by atoms with E-state index in [2.05, 4.69) is 78.8 Å². The monoisotopic (exact) mass is 887 g/mol. The maximum Gasteiger partial charge on any atom is 0.204 e. The van der Waals surface area contributed by atoms with Gasteiger partial charge in [0.25, 0.3) is 0 Å². The maximum absolute atomic E-state index is 7.11. The van der Waals surface area contributed by atoms with E-state index in [1.807, 2.05) is 0 Å². The lowest BCUT2D eigenvalue weighted by Gasteiger charge is -2.23. The zero-order valence-electron chi connectivity index (χ0n) is 41.9. The molecule has 0 saturated heterocycles. The molecule has 7 nitrogen and oxygen atoms in total. The van der Waals surface area contributed by atoms with Crippen LogP contribution in [0.4, 0.5) is 0 Å². The smallest absolute Gasteiger partial charge is 0.204 e. The Bertz CT molecular complexity index is 1820. The van der Waals surface area contributed by atoms with E-state index in [1.165, 1.54) is 103 Å². The van der Waals surface area contributed by atoms with Crippen LogP contribution >= 0.6 is 0 Å². The van der Waals surface area contributed by atoms with Gasteiger partial charge >= 0.3 is 0 Å². The minimum atomic E-state index is 0.580. The molecule has 0 fully saturated rings. The number of hydrogen-bond acceptors (Lipinski definition) is 7. The van der Waals surface area contributed by atoms with Crippen molar-refractivity contribution in [2.75, 3.05) is 46.2 Å². The first-order valence-corrected chi connectivity index (χ1v) is 26.5. The normalized spacial score (nSPS) is 11.5. The first-order valence-electron chi connectivity index (χ1n) is 26.5. The Morgan fingerprint density at radius 2 is 0.500 bits per heavy atom. The summed E-state index contributed by atoms with van der Waals surface area (Å²) in [6.45, 7) is 19.5. The molecule has 0 N–H and O–H groups in total. The van der Waals surface area contributed by atoms with Crippen molar-refractivity contribution >= 4 is 32.3 Å². The minimum Gasteiger partial charge on any atom is -0.490 e. The molecule has 0 heterocycles. The fraction of sp³-hybridized carbons (Fsp3) is 0.684. The van der Waals surface area contributed by atoms with Gasteiger partial charge in [-0.05, 0) is 102 Å². The number of benzene rings is 4. The first-order chi connectivity index (χ1) is 31.6. The van der Waals surface area contributed by atoms with E-state index in [-0.39, 0.29) is 0 Å². The molecule has 0 bridgehead atoms. The molecular formula is C57H90O7. The molecule has 0 aliphatic rings. The molecule has 64 heavy (non-hydrogen) atoms. The molecule has 0 aromatic heterocycles. The molecular weight excluding hydrogens is 797 g/mol. The fourth-order valence-electron chi connectivity index (χ4n) is 8.51. The van der Waals surface area contributed by atoms with Crippen molar-refractivity contribution in [2.45, 2.75) is 209 Å². The van der Waals surface area contributed by atoms with Gasteiger partial charge in [-0.1, -0.05) is 164 Å². The highest BCUT2D eigenvalue weighted by Crippen LogP contribution is 2.52. The Morgan fingerprint density at radius 1 is 0.234 bits per heavy atom. The van der Waals surface area contributed by atoms with E-state index in [0.29, 0.717) is 52.0 Å². The predicted octanol–water partition coefficient (Wildman–Crippen LogP) is 17.7. The van der Waals surface area contributed by atoms with Crippen molar-refractivity contribution in [1.82, 2.24) is 0 Å². The van der Waals surface area contributed by atoms with Crippen molar-refractivity contribution in [3.63, 3.8) is 0 Å². The van der Waals surface area contributed by atoms with Gasteiger partial charge in [0.2, 0.25) is 5.75 Å². The third kappa shape index (κ3) is 16.9. The van der Waals surface area contributed by atoms with Gasteiger partial charge in [0.15, 0.2) is 34.5 Å². The van der Waals surface area contributed by atoms with Crippen LogP contribution in [0, 0.1) is 0 Å². The summed E-state index contributed by atoms with van der Waals surface area (Å²) in [6, 6.07) is 10.9. The molecule has 0 spiro atoms. The van der Waals surface area contributed by atoms with Gasteiger partial charge in [0, 0.05) is 5.39 Å². The van der Waals surface area contributed by atoms with Gasteiger partial charge in [-0.3, -0.25) is 0 Å². The van der Waals surface area contributed by atoms with Gasteiger partial charge in [0.05, 0.1) is 46.2 Å². The average molecular weight is 887 g/mol. The van der Waals surface area contributed by atoms with Crippen LogP contribution < -0.4 is 33.2 Å². The number of ether oxygens (including phenoxy) is 7. The lowest BCUT2D eigenvalue weighted by Crippen LogP contribution is -2.07. The molecule has 4 aromatic carbocycles. The number of rotatable bonds is 39. The molecule has 4 aromatic rings. The SMILES string of the molecule is CCCCCCCCCCCCOc1c(OCCC)cc2c3cc(OCCC)c(OCCC)cc3c3cc(OCCC)c(OCCC)cc3c2c1OCCCCCCCCCCCC. The van der Waals surface area contributed by atoms with E-state index in [0.717, 1.165) is 125 Å². The van der Waals surface area contributed by atoms with E-state index in [4.69, 9.17) is 33.2 Å². The van der Waals surface area contributed by atoms with Gasteiger partial charge in [-0.2, -0.15) is 0 Å². The van der Waals surface area contributed by atoms with Crippen LogP contribution in [-0.2, 0) is 0 Å². The molecule has 0 unspecified atom stereocenters. The zero-order valence-corrected chi connectivity index (χ0v) is 41.9. The molecule has 0 saturated carbocycles. The summed E-state index contributed by atoms with van der Waals surface area (Å²) >= 11 is 0. The van der Waals surface area contributed by atoms with E-state index in [9.17, 15) is 0 Å². The second kappa shape index (κ2) is 32.0. The summed E-state index contributed by atoms with van der Waals surface area (Å²) in [6.07, 6.45) is 29.9. The van der Waals surface area contributed by atoms with Gasteiger partial charge < -0.3 is 33.2 Å². The van der Waals surface area contributed by atoms with Crippen molar-refractivity contribution in [1.29, 1.82) is 0 Å². The van der Waals surface area contributed by atoms with Gasteiger partial charge in [-0.15, -0.1) is 0 Å². The summed E-state index contributed by atoms with van der Waals surface area (Å²) in [5.74, 6) is 5.18. The maximum atomic E-state index is 7.11. The Kier molecular flexibility index (Phi) is 26.5. The molecule has 0 amide bonds. The van der Waals surface area contributed by atoms with Crippen molar-refractivity contribution in [2.24, 2.45) is 0 Å². The minimum absolute atomic E-state index is 0.580. The van der Waals surface area contributed by atoms with Crippen molar-refractivity contribution < 1.29 is 33.2 Å². The van der Waals surface area contributed by atoms with Crippen LogP contribution in [-0.4, -0.2) is 46.2 Å². The highest BCUT2D eigenvalue weighted by atomic mass is 16.5. The average Bonchev–Trinajstić information content (AvgIpc) is 3.31. The van der Waals surface area contributed by atoms with Crippen LogP contribution in [0.2, 0.25) is 0 Å². The highest BCUT2D eigenvalue weighted by Gasteiger charge is 2.25. The van der Waals surface area contributed by atoms with Crippen LogP contribution in [0.1, 0.15) is 209 Å². The van der Waals surface area contributed by atoms with Crippen LogP contribution in [0.5, 0.6) is 40.2 Å². The van der Waals surface area contributed by atoms with E-state index in [1.54, 1.807) is 0 Å². The Balaban J connectivity index is 1.86. The Labute approximate surface area is 390 Å². The topological polar surface area (TPSA) is 64.6 Å². The fourth-order valence-corrected chi connectivity index (χ4v) is 8.51. The van der Waals surface area contributed by atoms with Crippen molar-refractivity contribution in [3.05, 3.63) is 30.3 Å². The van der Waals surface area contributed by atoms with Gasteiger partial charge in [-0.25, -0.2) is 0 Å². The van der Waals surface area contributed by atoms with Crippen LogP contribution in [0.15, 0.2) is 30.3 Å². The summed E-state index contributed by atoms with van der Waals surface area (Å²) in [5, 5.41) is 6.22. The van der Waals surface area contributed by atoms with Crippen LogP contribution in [0.3, 0.4) is 0 Å². The summed E-state index contributed by atoms with van der Waals surface area (Å²) in [7, 11) is 0. The predicted molar refractivity (Wildman–Crippen MR) is 273 cm³/mol. The molecule has 0 aliphatic heterocycles. The van der Waals surface area contributed by atoms with E-state index < -0.39 is 0 Å². The third-order valence-corrected chi connectivity index (χ3v) is 12.0. The lowest BCUT2D eigenvalue weighted by atomic mass is 9.92. The first kappa shape index (κ1) is 52.9. The van der Waals surface area contributed by atoms with E-state index >= 15 is 0 Å². The number of fused-ring (bicyclic) bond motifs is 6. The number of unbranched alkanes of at least 4 members (excludes halogenated alkanes) is 18. The Hall–Kier alpha value is -3.74. The quantitative estimate of drug-likeness (QED) is 0.0327.